The fourth-order valence-corrected chi connectivity index (χ4v) is 5.71. The molecule has 42 heavy (non-hydrogen) atoms. The van der Waals surface area contributed by atoms with E-state index in [-0.39, 0.29) is 34.8 Å². The van der Waals surface area contributed by atoms with Crippen LogP contribution >= 0.6 is 0 Å². The summed E-state index contributed by atoms with van der Waals surface area (Å²) in [5.74, 6) is 0.244. The molecule has 3 aromatic rings. The normalized spacial score (nSPS) is 11.9. The van der Waals surface area contributed by atoms with Crippen molar-refractivity contribution < 1.29 is 32.2 Å². The number of anilines is 1. The van der Waals surface area contributed by atoms with Gasteiger partial charge in [0.25, 0.3) is 10.0 Å². The third kappa shape index (κ3) is 7.94. The summed E-state index contributed by atoms with van der Waals surface area (Å²) in [5, 5.41) is 2.84. The number of rotatable bonds is 14. The predicted octanol–water partition coefficient (Wildman–Crippen LogP) is 4.24. The molecule has 0 aliphatic carbocycles. The van der Waals surface area contributed by atoms with E-state index in [9.17, 15) is 18.0 Å². The number of nitrogens with zero attached hydrogens (tertiary/aromatic N) is 2. The molecule has 1 N–H and O–H groups in total. The van der Waals surface area contributed by atoms with Crippen LogP contribution in [0.2, 0.25) is 0 Å². The number of sulfonamides is 1. The maximum atomic E-state index is 14.1. The highest BCUT2D eigenvalue weighted by molar-refractivity contribution is 7.92. The minimum atomic E-state index is -4.29. The lowest BCUT2D eigenvalue weighted by Crippen LogP contribution is -2.52. The lowest BCUT2D eigenvalue weighted by Gasteiger charge is -2.32. The first-order valence-electron chi connectivity index (χ1n) is 13.6. The van der Waals surface area contributed by atoms with E-state index in [2.05, 4.69) is 5.32 Å². The molecule has 0 saturated carbocycles. The lowest BCUT2D eigenvalue weighted by molar-refractivity contribution is -0.139. The first kappa shape index (κ1) is 32.3. The largest absolute Gasteiger partial charge is 0.494 e. The minimum Gasteiger partial charge on any atom is -0.494 e. The molecule has 0 aliphatic rings. The molecule has 1 atom stereocenters. The van der Waals surface area contributed by atoms with Crippen molar-refractivity contribution in [2.45, 2.75) is 51.2 Å². The summed E-state index contributed by atoms with van der Waals surface area (Å²) >= 11 is 0. The third-order valence-corrected chi connectivity index (χ3v) is 8.22. The third-order valence-electron chi connectivity index (χ3n) is 6.45. The summed E-state index contributed by atoms with van der Waals surface area (Å²) in [7, 11) is -1.43. The average Bonchev–Trinajstić information content (AvgIpc) is 2.98. The van der Waals surface area contributed by atoms with Crippen molar-refractivity contribution >= 4 is 27.5 Å². The Kier molecular flexibility index (Phi) is 11.2. The summed E-state index contributed by atoms with van der Waals surface area (Å²) in [6.07, 6.45) is 0. The van der Waals surface area contributed by atoms with Crippen molar-refractivity contribution in [1.29, 1.82) is 0 Å². The van der Waals surface area contributed by atoms with Crippen LogP contribution in [0.1, 0.15) is 33.3 Å². The highest BCUT2D eigenvalue weighted by atomic mass is 32.2. The Morgan fingerprint density at radius 1 is 0.881 bits per heavy atom. The Labute approximate surface area is 248 Å². The SMILES string of the molecule is CCOc1ccc(N(CC(=O)N(Cc2ccccc2)[C@@H](C)C(=O)NC(C)C)S(=O)(=O)c2ccc(OC)c(OC)c2)cc1. The molecule has 0 aliphatic heterocycles. The minimum absolute atomic E-state index is 0.0953. The van der Waals surface area contributed by atoms with E-state index < -0.39 is 28.5 Å². The van der Waals surface area contributed by atoms with Gasteiger partial charge in [-0.3, -0.25) is 13.9 Å². The number of methoxy groups -OCH3 is 2. The zero-order chi connectivity index (χ0) is 30.9. The maximum absolute atomic E-state index is 14.1. The van der Waals surface area contributed by atoms with Crippen molar-refractivity contribution in [3.05, 3.63) is 78.4 Å². The van der Waals surface area contributed by atoms with Crippen LogP contribution in [0.3, 0.4) is 0 Å². The van der Waals surface area contributed by atoms with E-state index >= 15 is 0 Å². The second kappa shape index (κ2) is 14.6. The van der Waals surface area contributed by atoms with Crippen LogP contribution in [-0.2, 0) is 26.2 Å². The smallest absolute Gasteiger partial charge is 0.264 e. The molecule has 3 rings (SSSR count). The second-order valence-electron chi connectivity index (χ2n) is 9.80. The lowest BCUT2D eigenvalue weighted by atomic mass is 10.1. The van der Waals surface area contributed by atoms with Gasteiger partial charge in [-0.25, -0.2) is 8.42 Å². The summed E-state index contributed by atoms with van der Waals surface area (Å²) in [5.41, 5.74) is 1.05. The average molecular weight is 598 g/mol. The van der Waals surface area contributed by atoms with Crippen molar-refractivity contribution in [3.8, 4) is 17.2 Å². The molecule has 3 aromatic carbocycles. The molecule has 226 valence electrons. The van der Waals surface area contributed by atoms with Gasteiger partial charge < -0.3 is 24.4 Å². The molecule has 0 bridgehead atoms. The van der Waals surface area contributed by atoms with Gasteiger partial charge >= 0.3 is 0 Å². The van der Waals surface area contributed by atoms with E-state index in [1.807, 2.05) is 51.1 Å². The van der Waals surface area contributed by atoms with Crippen LogP contribution in [0, 0.1) is 0 Å². The fourth-order valence-electron chi connectivity index (χ4n) is 4.28. The fraction of sp³-hybridized carbons (Fsp3) is 0.355. The monoisotopic (exact) mass is 597 g/mol. The molecule has 0 radical (unpaired) electrons. The molecule has 10 nitrogen and oxygen atoms in total. The Hall–Kier alpha value is -4.25. The van der Waals surface area contributed by atoms with Crippen molar-refractivity contribution in [2.24, 2.45) is 0 Å². The number of amides is 2. The Balaban J connectivity index is 2.07. The highest BCUT2D eigenvalue weighted by Crippen LogP contribution is 2.33. The van der Waals surface area contributed by atoms with Gasteiger partial charge in [0.15, 0.2) is 11.5 Å². The van der Waals surface area contributed by atoms with Gasteiger partial charge in [0, 0.05) is 18.7 Å². The summed E-state index contributed by atoms with van der Waals surface area (Å²) in [6.45, 7) is 7.13. The number of ether oxygens (including phenoxy) is 3. The predicted molar refractivity (Wildman–Crippen MR) is 161 cm³/mol. The van der Waals surface area contributed by atoms with E-state index in [0.29, 0.717) is 18.1 Å². The molecular weight excluding hydrogens is 558 g/mol. The van der Waals surface area contributed by atoms with E-state index in [0.717, 1.165) is 9.87 Å². The Morgan fingerprint density at radius 2 is 1.52 bits per heavy atom. The summed E-state index contributed by atoms with van der Waals surface area (Å²) < 4.78 is 45.4. The Morgan fingerprint density at radius 3 is 2.10 bits per heavy atom. The molecular formula is C31H39N3O7S. The van der Waals surface area contributed by atoms with Gasteiger partial charge in [0.05, 0.1) is 31.4 Å². The van der Waals surface area contributed by atoms with Crippen LogP contribution in [-0.4, -0.2) is 64.6 Å². The van der Waals surface area contributed by atoms with Crippen molar-refractivity contribution in [1.82, 2.24) is 10.2 Å². The van der Waals surface area contributed by atoms with Gasteiger partial charge in [-0.05, 0) is 69.7 Å². The summed E-state index contributed by atoms with van der Waals surface area (Å²) in [6, 6.07) is 18.9. The molecule has 0 saturated heterocycles. The molecule has 0 spiro atoms. The molecule has 11 heteroatoms. The second-order valence-corrected chi connectivity index (χ2v) is 11.7. The van der Waals surface area contributed by atoms with Crippen molar-refractivity contribution in [3.63, 3.8) is 0 Å². The maximum Gasteiger partial charge on any atom is 0.264 e. The number of hydrogen-bond donors (Lipinski definition) is 1. The van der Waals surface area contributed by atoms with Crippen molar-refractivity contribution in [2.75, 3.05) is 31.7 Å². The number of carbonyl (C=O) groups is 2. The van der Waals surface area contributed by atoms with Gasteiger partial charge in [-0.2, -0.15) is 0 Å². The quantitative estimate of drug-likeness (QED) is 0.296. The number of carbonyl (C=O) groups excluding carboxylic acids is 2. The molecule has 0 heterocycles. The van der Waals surface area contributed by atoms with Crippen LogP contribution in [0.15, 0.2) is 77.7 Å². The van der Waals surface area contributed by atoms with E-state index in [1.54, 1.807) is 31.2 Å². The van der Waals surface area contributed by atoms with Crippen LogP contribution < -0.4 is 23.8 Å². The van der Waals surface area contributed by atoms with E-state index in [4.69, 9.17) is 14.2 Å². The molecule has 0 fully saturated rings. The summed E-state index contributed by atoms with van der Waals surface area (Å²) in [4.78, 5) is 28.3. The highest BCUT2D eigenvalue weighted by Gasteiger charge is 2.33. The van der Waals surface area contributed by atoms with Crippen LogP contribution in [0.5, 0.6) is 17.2 Å². The van der Waals surface area contributed by atoms with E-state index in [1.165, 1.54) is 37.3 Å². The van der Waals surface area contributed by atoms with Gasteiger partial charge in [0.2, 0.25) is 11.8 Å². The van der Waals surface area contributed by atoms with Gasteiger partial charge in [-0.1, -0.05) is 30.3 Å². The number of nitrogens with one attached hydrogen (secondary N) is 1. The first-order chi connectivity index (χ1) is 20.0. The van der Waals surface area contributed by atoms with Gasteiger partial charge in [0.1, 0.15) is 18.3 Å². The number of benzene rings is 3. The van der Waals surface area contributed by atoms with Crippen LogP contribution in [0.4, 0.5) is 5.69 Å². The topological polar surface area (TPSA) is 114 Å². The standard InChI is InChI=1S/C31H39N3O7S/c1-7-41-26-15-13-25(14-16-26)34(42(37,38)27-17-18-28(39-5)29(19-27)40-6)21-30(35)33(20-24-11-9-8-10-12-24)23(4)31(36)32-22(2)3/h8-19,22-23H,7,20-21H2,1-6H3,(H,32,36)/t23-/m0/s1. The molecule has 0 unspecified atom stereocenters. The first-order valence-corrected chi connectivity index (χ1v) is 15.1. The molecule has 0 aromatic heterocycles. The van der Waals surface area contributed by atoms with Crippen LogP contribution in [0.25, 0.3) is 0 Å². The zero-order valence-corrected chi connectivity index (χ0v) is 25.7. The number of hydrogen-bond acceptors (Lipinski definition) is 7. The zero-order valence-electron chi connectivity index (χ0n) is 24.9. The molecule has 2 amide bonds. The Bertz CT molecular complexity index is 1450. The van der Waals surface area contributed by atoms with Gasteiger partial charge in [-0.15, -0.1) is 0 Å².